The van der Waals surface area contributed by atoms with E-state index in [1.807, 2.05) is 11.8 Å². The van der Waals surface area contributed by atoms with E-state index in [0.717, 1.165) is 38.5 Å². The molecule has 3 aliphatic rings. The number of β-amino-alcohol motifs (C(OH)–C–C–N with tert-alkyl or cyclic N) is 1. The summed E-state index contributed by atoms with van der Waals surface area (Å²) < 4.78 is 11.8. The Hall–Kier alpha value is -1.18. The maximum absolute atomic E-state index is 13.1. The average molecular weight is 368 g/mol. The van der Waals surface area contributed by atoms with Gasteiger partial charge >= 0.3 is 0 Å². The number of carbonyl (C=O) groups is 2. The summed E-state index contributed by atoms with van der Waals surface area (Å²) in [6.45, 7) is 3.38. The van der Waals surface area contributed by atoms with Gasteiger partial charge in [0.1, 0.15) is 6.10 Å². The molecule has 0 aromatic heterocycles. The van der Waals surface area contributed by atoms with Crippen LogP contribution in [0.4, 0.5) is 0 Å². The Labute approximate surface area is 155 Å². The third kappa shape index (κ3) is 4.75. The van der Waals surface area contributed by atoms with E-state index in [4.69, 9.17) is 9.47 Å². The minimum atomic E-state index is -0.658. The average Bonchev–Trinajstić information content (AvgIpc) is 3.13. The van der Waals surface area contributed by atoms with Gasteiger partial charge in [0.25, 0.3) is 0 Å². The minimum Gasteiger partial charge on any atom is -0.389 e. The van der Waals surface area contributed by atoms with Crippen LogP contribution in [0.1, 0.15) is 51.9 Å². The van der Waals surface area contributed by atoms with Crippen LogP contribution in [-0.4, -0.2) is 72.5 Å². The largest absolute Gasteiger partial charge is 0.389 e. The first-order valence-electron chi connectivity index (χ1n) is 10.1. The van der Waals surface area contributed by atoms with Gasteiger partial charge in [-0.1, -0.05) is 12.8 Å². The zero-order valence-electron chi connectivity index (χ0n) is 15.7. The number of ether oxygens (including phenoxy) is 2. The van der Waals surface area contributed by atoms with Gasteiger partial charge in [-0.3, -0.25) is 9.59 Å². The molecule has 0 aromatic rings. The molecule has 0 radical (unpaired) electrons. The molecule has 2 aliphatic heterocycles. The molecule has 1 aliphatic carbocycles. The normalized spacial score (nSPS) is 33.2. The molecule has 7 heteroatoms. The van der Waals surface area contributed by atoms with Crippen LogP contribution >= 0.6 is 0 Å². The lowest BCUT2D eigenvalue weighted by Gasteiger charge is -2.45. The van der Waals surface area contributed by atoms with Crippen molar-refractivity contribution >= 4 is 11.8 Å². The second-order valence-electron chi connectivity index (χ2n) is 7.76. The highest BCUT2D eigenvalue weighted by Gasteiger charge is 2.41. The molecule has 0 bridgehead atoms. The van der Waals surface area contributed by atoms with Crippen LogP contribution < -0.4 is 5.32 Å². The fourth-order valence-corrected chi connectivity index (χ4v) is 4.48. The van der Waals surface area contributed by atoms with Crippen molar-refractivity contribution < 1.29 is 24.2 Å². The smallest absolute Gasteiger partial charge is 0.226 e. The molecular formula is C19H32N2O5. The molecule has 0 aromatic carbocycles. The SMILES string of the molecule is CCNC(=O)C[C@H]1CC[C@@H]2[C@H](COC[C@H](O)CN2C(=O)C2CCCC2)O1. The van der Waals surface area contributed by atoms with Crippen molar-refractivity contribution in [2.45, 2.75) is 76.2 Å². The molecule has 2 saturated heterocycles. The van der Waals surface area contributed by atoms with Gasteiger partial charge in [-0.25, -0.2) is 0 Å². The van der Waals surface area contributed by atoms with Crippen LogP contribution in [-0.2, 0) is 19.1 Å². The number of carbonyl (C=O) groups excluding carboxylic acids is 2. The summed E-state index contributed by atoms with van der Waals surface area (Å²) >= 11 is 0. The predicted molar refractivity (Wildman–Crippen MR) is 95.5 cm³/mol. The van der Waals surface area contributed by atoms with Crippen LogP contribution in [0.3, 0.4) is 0 Å². The van der Waals surface area contributed by atoms with Gasteiger partial charge in [0.2, 0.25) is 11.8 Å². The van der Waals surface area contributed by atoms with E-state index in [-0.39, 0.29) is 42.6 Å². The highest BCUT2D eigenvalue weighted by molar-refractivity contribution is 5.79. The maximum atomic E-state index is 13.1. The Morgan fingerprint density at radius 3 is 2.65 bits per heavy atom. The number of hydrogen-bond donors (Lipinski definition) is 2. The van der Waals surface area contributed by atoms with Gasteiger partial charge in [0.15, 0.2) is 0 Å². The lowest BCUT2D eigenvalue weighted by molar-refractivity contribution is -0.171. The van der Waals surface area contributed by atoms with Crippen LogP contribution in [0.5, 0.6) is 0 Å². The summed E-state index contributed by atoms with van der Waals surface area (Å²) in [6.07, 6.45) is 4.93. The molecule has 26 heavy (non-hydrogen) atoms. The van der Waals surface area contributed by atoms with Crippen molar-refractivity contribution in [3.8, 4) is 0 Å². The minimum absolute atomic E-state index is 0.00276. The molecule has 2 amide bonds. The van der Waals surface area contributed by atoms with E-state index >= 15 is 0 Å². The van der Waals surface area contributed by atoms with E-state index in [1.54, 1.807) is 0 Å². The maximum Gasteiger partial charge on any atom is 0.226 e. The molecule has 0 spiro atoms. The number of nitrogens with zero attached hydrogens (tertiary/aromatic N) is 1. The number of fused-ring (bicyclic) bond motifs is 1. The van der Waals surface area contributed by atoms with Gasteiger partial charge < -0.3 is 24.8 Å². The first-order chi connectivity index (χ1) is 12.6. The topological polar surface area (TPSA) is 88.1 Å². The third-order valence-corrected chi connectivity index (χ3v) is 5.76. The predicted octanol–water partition coefficient (Wildman–Crippen LogP) is 0.839. The monoisotopic (exact) mass is 368 g/mol. The summed E-state index contributed by atoms with van der Waals surface area (Å²) in [4.78, 5) is 26.8. The van der Waals surface area contributed by atoms with Gasteiger partial charge in [-0.15, -0.1) is 0 Å². The first-order valence-corrected chi connectivity index (χ1v) is 10.1. The lowest BCUT2D eigenvalue weighted by atomic mass is 9.93. The Morgan fingerprint density at radius 1 is 1.15 bits per heavy atom. The lowest BCUT2D eigenvalue weighted by Crippen LogP contribution is -2.58. The molecule has 3 rings (SSSR count). The van der Waals surface area contributed by atoms with Crippen molar-refractivity contribution in [2.75, 3.05) is 26.3 Å². The number of rotatable bonds is 4. The van der Waals surface area contributed by atoms with Gasteiger partial charge in [0, 0.05) is 19.0 Å². The second-order valence-corrected chi connectivity index (χ2v) is 7.76. The number of nitrogens with one attached hydrogen (secondary N) is 1. The molecule has 2 N–H and O–H groups in total. The summed E-state index contributed by atoms with van der Waals surface area (Å²) in [5, 5.41) is 13.0. The summed E-state index contributed by atoms with van der Waals surface area (Å²) in [6, 6.07) is -0.0801. The molecule has 4 atom stereocenters. The Morgan fingerprint density at radius 2 is 1.92 bits per heavy atom. The highest BCUT2D eigenvalue weighted by Crippen LogP contribution is 2.32. The first kappa shape index (κ1) is 19.6. The summed E-state index contributed by atoms with van der Waals surface area (Å²) in [5.74, 6) is 0.234. The van der Waals surface area contributed by atoms with Crippen molar-refractivity contribution in [1.82, 2.24) is 10.2 Å². The Bertz CT molecular complexity index is 494. The van der Waals surface area contributed by atoms with Gasteiger partial charge in [-0.05, 0) is 32.6 Å². The zero-order valence-corrected chi connectivity index (χ0v) is 15.7. The molecule has 1 saturated carbocycles. The van der Waals surface area contributed by atoms with Crippen molar-refractivity contribution in [3.63, 3.8) is 0 Å². The molecular weight excluding hydrogens is 336 g/mol. The quantitative estimate of drug-likeness (QED) is 0.768. The molecule has 148 valence electrons. The van der Waals surface area contributed by atoms with Crippen LogP contribution in [0.25, 0.3) is 0 Å². The van der Waals surface area contributed by atoms with Crippen molar-refractivity contribution in [1.29, 1.82) is 0 Å². The van der Waals surface area contributed by atoms with E-state index in [1.165, 1.54) is 0 Å². The number of aliphatic hydroxyl groups is 1. The second kappa shape index (κ2) is 9.15. The Balaban J connectivity index is 1.67. The van der Waals surface area contributed by atoms with Crippen LogP contribution in [0.2, 0.25) is 0 Å². The van der Waals surface area contributed by atoms with Gasteiger partial charge in [-0.2, -0.15) is 0 Å². The standard InChI is InChI=1S/C19H32N2O5/c1-2-20-18(23)9-15-7-8-16-17(26-15)12-25-11-14(22)10-21(16)19(24)13-5-3-4-6-13/h13-17,22H,2-12H2,1H3,(H,20,23)/t14-,15-,16-,17+/m1/s1. The fraction of sp³-hybridized carbons (Fsp3) is 0.895. The number of hydrogen-bond acceptors (Lipinski definition) is 5. The van der Waals surface area contributed by atoms with Crippen molar-refractivity contribution in [3.05, 3.63) is 0 Å². The highest BCUT2D eigenvalue weighted by atomic mass is 16.5. The van der Waals surface area contributed by atoms with Crippen LogP contribution in [0.15, 0.2) is 0 Å². The van der Waals surface area contributed by atoms with E-state index in [0.29, 0.717) is 26.1 Å². The van der Waals surface area contributed by atoms with Gasteiger partial charge in [0.05, 0.1) is 37.9 Å². The van der Waals surface area contributed by atoms with Crippen LogP contribution in [0, 0.1) is 5.92 Å². The fourth-order valence-electron chi connectivity index (χ4n) is 4.48. The third-order valence-electron chi connectivity index (χ3n) is 5.76. The number of amides is 2. The molecule has 3 fully saturated rings. The van der Waals surface area contributed by atoms with E-state index in [9.17, 15) is 14.7 Å². The summed E-state index contributed by atoms with van der Waals surface area (Å²) in [5.41, 5.74) is 0. The van der Waals surface area contributed by atoms with E-state index < -0.39 is 6.10 Å². The zero-order chi connectivity index (χ0) is 18.5. The summed E-state index contributed by atoms with van der Waals surface area (Å²) in [7, 11) is 0. The molecule has 7 nitrogen and oxygen atoms in total. The molecule has 0 unspecified atom stereocenters. The Kier molecular flexibility index (Phi) is 6.89. The van der Waals surface area contributed by atoms with E-state index in [2.05, 4.69) is 5.32 Å². The number of aliphatic hydroxyl groups excluding tert-OH is 1. The molecule has 2 heterocycles. The van der Waals surface area contributed by atoms with Crippen molar-refractivity contribution in [2.24, 2.45) is 5.92 Å².